The van der Waals surface area contributed by atoms with E-state index in [4.69, 9.17) is 5.11 Å². The monoisotopic (exact) mass is 386 g/mol. The SMILES string of the molecule is Cn1nccc1CN1CCN(c2ccc(N3CCN(CCO)CC3)nn2)CC1. The molecule has 28 heavy (non-hydrogen) atoms. The van der Waals surface area contributed by atoms with Gasteiger partial charge >= 0.3 is 0 Å². The first kappa shape index (κ1) is 19.1. The Balaban J connectivity index is 1.27. The van der Waals surface area contributed by atoms with E-state index in [1.165, 1.54) is 5.69 Å². The van der Waals surface area contributed by atoms with Gasteiger partial charge in [0.2, 0.25) is 0 Å². The van der Waals surface area contributed by atoms with Crippen LogP contribution >= 0.6 is 0 Å². The van der Waals surface area contributed by atoms with Gasteiger partial charge in [0.15, 0.2) is 11.6 Å². The van der Waals surface area contributed by atoms with Gasteiger partial charge < -0.3 is 14.9 Å². The lowest BCUT2D eigenvalue weighted by molar-refractivity contribution is 0.188. The molecule has 0 saturated carbocycles. The number of rotatable bonds is 6. The van der Waals surface area contributed by atoms with Crippen molar-refractivity contribution in [3.05, 3.63) is 30.1 Å². The van der Waals surface area contributed by atoms with E-state index in [0.717, 1.165) is 77.1 Å². The molecule has 0 unspecified atom stereocenters. The van der Waals surface area contributed by atoms with Crippen molar-refractivity contribution >= 4 is 11.6 Å². The molecule has 2 aliphatic rings. The average Bonchev–Trinajstić information content (AvgIpc) is 3.14. The second kappa shape index (κ2) is 8.85. The Kier molecular flexibility index (Phi) is 6.04. The summed E-state index contributed by atoms with van der Waals surface area (Å²) in [5, 5.41) is 22.3. The van der Waals surface area contributed by atoms with Crippen molar-refractivity contribution in [1.82, 2.24) is 29.8 Å². The average molecular weight is 387 g/mol. The number of aliphatic hydroxyl groups excluding tert-OH is 1. The van der Waals surface area contributed by atoms with Crippen molar-refractivity contribution in [2.24, 2.45) is 7.05 Å². The van der Waals surface area contributed by atoms with E-state index in [9.17, 15) is 0 Å². The first-order valence-electron chi connectivity index (χ1n) is 10.1. The van der Waals surface area contributed by atoms with Gasteiger partial charge in [0.1, 0.15) is 0 Å². The molecule has 4 rings (SSSR count). The maximum absolute atomic E-state index is 9.06. The van der Waals surface area contributed by atoms with E-state index >= 15 is 0 Å². The quantitative estimate of drug-likeness (QED) is 0.722. The Bertz CT molecular complexity index is 733. The molecule has 9 heteroatoms. The minimum Gasteiger partial charge on any atom is -0.395 e. The van der Waals surface area contributed by atoms with E-state index in [2.05, 4.69) is 53.1 Å². The Morgan fingerprint density at radius 3 is 1.86 bits per heavy atom. The van der Waals surface area contributed by atoms with Crippen LogP contribution in [0, 0.1) is 0 Å². The highest BCUT2D eigenvalue weighted by Crippen LogP contribution is 2.18. The van der Waals surface area contributed by atoms with Crippen LogP contribution in [-0.4, -0.2) is 100 Å². The molecule has 4 heterocycles. The van der Waals surface area contributed by atoms with Gasteiger partial charge in [-0.25, -0.2) is 0 Å². The molecule has 0 aliphatic carbocycles. The van der Waals surface area contributed by atoms with Crippen LogP contribution in [0.15, 0.2) is 24.4 Å². The van der Waals surface area contributed by atoms with Gasteiger partial charge in [-0.05, 0) is 18.2 Å². The predicted molar refractivity (Wildman–Crippen MR) is 108 cm³/mol. The summed E-state index contributed by atoms with van der Waals surface area (Å²) in [4.78, 5) is 9.33. The van der Waals surface area contributed by atoms with Crippen LogP contribution in [0.2, 0.25) is 0 Å². The van der Waals surface area contributed by atoms with Gasteiger partial charge in [-0.1, -0.05) is 0 Å². The predicted octanol–water partition coefficient (Wildman–Crippen LogP) is -0.353. The number of aromatic nitrogens is 4. The van der Waals surface area contributed by atoms with Crippen LogP contribution in [0.1, 0.15) is 5.69 Å². The molecular weight excluding hydrogens is 356 g/mol. The zero-order chi connectivity index (χ0) is 19.3. The van der Waals surface area contributed by atoms with Gasteiger partial charge in [-0.15, -0.1) is 10.2 Å². The summed E-state index contributed by atoms with van der Waals surface area (Å²) in [7, 11) is 2.00. The molecule has 152 valence electrons. The molecule has 0 atom stereocenters. The number of anilines is 2. The van der Waals surface area contributed by atoms with E-state index in [0.29, 0.717) is 0 Å². The van der Waals surface area contributed by atoms with E-state index in [1.54, 1.807) is 0 Å². The summed E-state index contributed by atoms with van der Waals surface area (Å²) in [6.07, 6.45) is 1.86. The second-order valence-electron chi connectivity index (χ2n) is 7.51. The third-order valence-corrected chi connectivity index (χ3v) is 5.75. The molecule has 2 aromatic heterocycles. The Morgan fingerprint density at radius 1 is 0.821 bits per heavy atom. The Morgan fingerprint density at radius 2 is 1.39 bits per heavy atom. The molecule has 0 aromatic carbocycles. The summed E-state index contributed by atoms with van der Waals surface area (Å²) in [6, 6.07) is 6.27. The summed E-state index contributed by atoms with van der Waals surface area (Å²) in [6.45, 7) is 9.67. The molecule has 2 aliphatic heterocycles. The maximum atomic E-state index is 9.06. The summed E-state index contributed by atoms with van der Waals surface area (Å²) in [5.74, 6) is 1.91. The minimum atomic E-state index is 0.226. The third kappa shape index (κ3) is 4.43. The second-order valence-corrected chi connectivity index (χ2v) is 7.51. The van der Waals surface area contributed by atoms with E-state index < -0.39 is 0 Å². The lowest BCUT2D eigenvalue weighted by Crippen LogP contribution is -2.48. The van der Waals surface area contributed by atoms with E-state index in [1.807, 2.05) is 17.9 Å². The molecule has 0 spiro atoms. The highest BCUT2D eigenvalue weighted by atomic mass is 16.3. The number of aryl methyl sites for hydroxylation is 1. The standard InChI is InChI=1S/C19H30N8O/c1-23-17(4-5-20-23)16-25-8-12-27(13-9-25)19-3-2-18(21-22-19)26-10-6-24(7-11-26)14-15-28/h2-5,28H,6-16H2,1H3. The zero-order valence-electron chi connectivity index (χ0n) is 16.6. The van der Waals surface area contributed by atoms with Crippen LogP contribution in [0.5, 0.6) is 0 Å². The largest absolute Gasteiger partial charge is 0.395 e. The van der Waals surface area contributed by atoms with Gasteiger partial charge in [0, 0.05) is 78.7 Å². The zero-order valence-corrected chi connectivity index (χ0v) is 16.6. The smallest absolute Gasteiger partial charge is 0.151 e. The number of β-amino-alcohol motifs (C(OH)–C–C–N with tert-alkyl or cyclic N) is 1. The Labute approximate surface area is 166 Å². The van der Waals surface area contributed by atoms with Crippen LogP contribution in [0.4, 0.5) is 11.6 Å². The van der Waals surface area contributed by atoms with Crippen molar-refractivity contribution in [1.29, 1.82) is 0 Å². The molecule has 9 nitrogen and oxygen atoms in total. The summed E-state index contributed by atoms with van der Waals surface area (Å²) < 4.78 is 1.94. The van der Waals surface area contributed by atoms with Crippen LogP contribution in [-0.2, 0) is 13.6 Å². The highest BCUT2D eigenvalue weighted by Gasteiger charge is 2.21. The van der Waals surface area contributed by atoms with E-state index in [-0.39, 0.29) is 6.61 Å². The van der Waals surface area contributed by atoms with Gasteiger partial charge in [0.05, 0.1) is 12.3 Å². The molecule has 2 fully saturated rings. The molecule has 1 N–H and O–H groups in total. The lowest BCUT2D eigenvalue weighted by Gasteiger charge is -2.36. The normalized spacial score (nSPS) is 19.4. The fraction of sp³-hybridized carbons (Fsp3) is 0.632. The molecule has 2 saturated heterocycles. The molecule has 2 aromatic rings. The number of hydrogen-bond acceptors (Lipinski definition) is 8. The number of nitrogens with zero attached hydrogens (tertiary/aromatic N) is 8. The maximum Gasteiger partial charge on any atom is 0.151 e. The van der Waals surface area contributed by atoms with Crippen molar-refractivity contribution in [3.8, 4) is 0 Å². The lowest BCUT2D eigenvalue weighted by atomic mass is 10.2. The molecule has 0 radical (unpaired) electrons. The third-order valence-electron chi connectivity index (χ3n) is 5.75. The first-order valence-corrected chi connectivity index (χ1v) is 10.1. The van der Waals surface area contributed by atoms with Crippen molar-refractivity contribution in [3.63, 3.8) is 0 Å². The van der Waals surface area contributed by atoms with Gasteiger partial charge in [-0.2, -0.15) is 5.10 Å². The highest BCUT2D eigenvalue weighted by molar-refractivity contribution is 5.45. The van der Waals surface area contributed by atoms with Crippen LogP contribution in [0.3, 0.4) is 0 Å². The van der Waals surface area contributed by atoms with Crippen LogP contribution in [0.25, 0.3) is 0 Å². The molecule has 0 amide bonds. The number of piperazine rings is 2. The summed E-state index contributed by atoms with van der Waals surface area (Å²) in [5.41, 5.74) is 1.25. The summed E-state index contributed by atoms with van der Waals surface area (Å²) >= 11 is 0. The van der Waals surface area contributed by atoms with Gasteiger partial charge in [-0.3, -0.25) is 14.5 Å². The molecule has 0 bridgehead atoms. The minimum absolute atomic E-state index is 0.226. The fourth-order valence-electron chi connectivity index (χ4n) is 3.92. The first-order chi connectivity index (χ1) is 13.7. The number of hydrogen-bond donors (Lipinski definition) is 1. The topological polar surface area (TPSA) is 76.8 Å². The van der Waals surface area contributed by atoms with Crippen molar-refractivity contribution in [2.45, 2.75) is 6.54 Å². The van der Waals surface area contributed by atoms with Crippen molar-refractivity contribution < 1.29 is 5.11 Å². The van der Waals surface area contributed by atoms with Gasteiger partial charge in [0.25, 0.3) is 0 Å². The van der Waals surface area contributed by atoms with Crippen LogP contribution < -0.4 is 9.80 Å². The molecular formula is C19H30N8O. The number of aliphatic hydroxyl groups is 1. The Hall–Kier alpha value is -2.23. The fourth-order valence-corrected chi connectivity index (χ4v) is 3.92. The van der Waals surface area contributed by atoms with Crippen molar-refractivity contribution in [2.75, 3.05) is 75.3 Å².